The first-order chi connectivity index (χ1) is 10.9. The Hall–Kier alpha value is -1.93. The summed E-state index contributed by atoms with van der Waals surface area (Å²) in [5.74, 6) is -0.996. The zero-order valence-electron chi connectivity index (χ0n) is 14.5. The Labute approximate surface area is 142 Å². The van der Waals surface area contributed by atoms with Crippen molar-refractivity contribution < 1.29 is 22.7 Å². The fourth-order valence-electron chi connectivity index (χ4n) is 1.62. The first-order valence-corrected chi connectivity index (χ1v) is 9.01. The smallest absolute Gasteiger partial charge is 0.321 e. The number of hydrogen-bond acceptors (Lipinski definition) is 5. The third-order valence-electron chi connectivity index (χ3n) is 2.78. The molecule has 0 unspecified atom stereocenters. The highest BCUT2D eigenvalue weighted by atomic mass is 32.2. The summed E-state index contributed by atoms with van der Waals surface area (Å²) in [6, 6.07) is 5.69. The van der Waals surface area contributed by atoms with Crippen molar-refractivity contribution in [1.82, 2.24) is 4.72 Å². The van der Waals surface area contributed by atoms with Crippen LogP contribution in [0.4, 0.5) is 5.69 Å². The van der Waals surface area contributed by atoms with E-state index in [9.17, 15) is 18.0 Å². The average molecular weight is 356 g/mol. The second kappa shape index (κ2) is 7.76. The van der Waals surface area contributed by atoms with Gasteiger partial charge in [-0.25, -0.2) is 8.42 Å². The molecule has 0 aliphatic rings. The molecule has 0 spiro atoms. The summed E-state index contributed by atoms with van der Waals surface area (Å²) < 4.78 is 31.5. The van der Waals surface area contributed by atoms with Crippen LogP contribution < -0.4 is 10.0 Å². The number of sulfonamides is 1. The Morgan fingerprint density at radius 1 is 1.12 bits per heavy atom. The van der Waals surface area contributed by atoms with Gasteiger partial charge in [0.15, 0.2) is 0 Å². The lowest BCUT2D eigenvalue weighted by Gasteiger charge is -2.19. The maximum Gasteiger partial charge on any atom is 0.321 e. The number of rotatable bonds is 6. The summed E-state index contributed by atoms with van der Waals surface area (Å²) in [6.45, 7) is 8.16. The molecule has 1 rings (SSSR count). The monoisotopic (exact) mass is 356 g/mol. The van der Waals surface area contributed by atoms with Crippen molar-refractivity contribution in [2.45, 2.75) is 45.1 Å². The zero-order chi connectivity index (χ0) is 18.5. The lowest BCUT2D eigenvalue weighted by molar-refractivity contribution is -0.153. The van der Waals surface area contributed by atoms with E-state index in [2.05, 4.69) is 10.0 Å². The minimum absolute atomic E-state index is 0.00592. The fraction of sp³-hybridized carbons (Fsp3) is 0.500. The largest absolute Gasteiger partial charge is 0.459 e. The number of benzene rings is 1. The summed E-state index contributed by atoms with van der Waals surface area (Å²) in [4.78, 5) is 23.2. The molecule has 0 heterocycles. The standard InChI is InChI=1S/C16H24N2O5S/c1-11(2)15(20)18-12-6-8-13(9-7-12)24(21,22)17-10-14(19)23-16(3,4)5/h6-9,11,17H,10H2,1-5H3,(H,18,20). The number of ether oxygens (including phenoxy) is 1. The molecule has 0 atom stereocenters. The maximum absolute atomic E-state index is 12.1. The first kappa shape index (κ1) is 20.1. The SMILES string of the molecule is CC(C)C(=O)Nc1ccc(S(=O)(=O)NCC(=O)OC(C)(C)C)cc1. The lowest BCUT2D eigenvalue weighted by Crippen LogP contribution is -2.34. The molecule has 1 aromatic rings. The molecule has 0 radical (unpaired) electrons. The highest BCUT2D eigenvalue weighted by Gasteiger charge is 2.20. The van der Waals surface area contributed by atoms with Gasteiger partial charge in [-0.15, -0.1) is 0 Å². The number of carbonyl (C=O) groups excluding carboxylic acids is 2. The number of anilines is 1. The van der Waals surface area contributed by atoms with Gasteiger partial charge in [0.05, 0.1) is 4.90 Å². The van der Waals surface area contributed by atoms with Crippen LogP contribution in [0.3, 0.4) is 0 Å². The van der Waals surface area contributed by atoms with E-state index in [1.807, 2.05) is 0 Å². The van der Waals surface area contributed by atoms with E-state index >= 15 is 0 Å². The van der Waals surface area contributed by atoms with Crippen LogP contribution in [-0.4, -0.2) is 32.4 Å². The Balaban J connectivity index is 2.71. The van der Waals surface area contributed by atoms with Crippen molar-refractivity contribution in [3.05, 3.63) is 24.3 Å². The van der Waals surface area contributed by atoms with Crippen LogP contribution in [0.15, 0.2) is 29.2 Å². The van der Waals surface area contributed by atoms with Gasteiger partial charge >= 0.3 is 5.97 Å². The molecule has 2 N–H and O–H groups in total. The third-order valence-corrected chi connectivity index (χ3v) is 4.20. The van der Waals surface area contributed by atoms with Crippen LogP contribution in [0.2, 0.25) is 0 Å². The van der Waals surface area contributed by atoms with Crippen LogP contribution in [0.25, 0.3) is 0 Å². The Bertz CT molecular complexity index is 688. The topological polar surface area (TPSA) is 102 Å². The molecule has 24 heavy (non-hydrogen) atoms. The quantitative estimate of drug-likeness (QED) is 0.758. The maximum atomic E-state index is 12.1. The van der Waals surface area contributed by atoms with Gasteiger partial charge in [0.25, 0.3) is 0 Å². The average Bonchev–Trinajstić information content (AvgIpc) is 2.44. The molecule has 0 aromatic heterocycles. The summed E-state index contributed by atoms with van der Waals surface area (Å²) in [5, 5.41) is 2.67. The predicted molar refractivity (Wildman–Crippen MR) is 90.9 cm³/mol. The van der Waals surface area contributed by atoms with E-state index < -0.39 is 28.1 Å². The second-order valence-electron chi connectivity index (χ2n) is 6.58. The fourth-order valence-corrected chi connectivity index (χ4v) is 2.59. The molecule has 0 saturated carbocycles. The van der Waals surface area contributed by atoms with Crippen molar-refractivity contribution in [1.29, 1.82) is 0 Å². The van der Waals surface area contributed by atoms with Gasteiger partial charge in [-0.2, -0.15) is 4.72 Å². The lowest BCUT2D eigenvalue weighted by atomic mass is 10.2. The van der Waals surface area contributed by atoms with Gasteiger partial charge in [0.1, 0.15) is 12.1 Å². The van der Waals surface area contributed by atoms with Crippen LogP contribution >= 0.6 is 0 Å². The molecule has 0 saturated heterocycles. The normalized spacial score (nSPS) is 12.1. The number of nitrogens with one attached hydrogen (secondary N) is 2. The van der Waals surface area contributed by atoms with Crippen molar-refractivity contribution in [2.75, 3.05) is 11.9 Å². The van der Waals surface area contributed by atoms with Gasteiger partial charge in [-0.05, 0) is 45.0 Å². The second-order valence-corrected chi connectivity index (χ2v) is 8.35. The van der Waals surface area contributed by atoms with E-state index in [4.69, 9.17) is 4.74 Å². The number of carbonyl (C=O) groups is 2. The molecule has 134 valence electrons. The molecule has 8 heteroatoms. The van der Waals surface area contributed by atoms with Gasteiger partial charge in [0.2, 0.25) is 15.9 Å². The van der Waals surface area contributed by atoms with Gasteiger partial charge in [-0.1, -0.05) is 13.8 Å². The number of hydrogen-bond donors (Lipinski definition) is 2. The predicted octanol–water partition coefficient (Wildman–Crippen LogP) is 1.90. The van der Waals surface area contributed by atoms with Crippen molar-refractivity contribution >= 4 is 27.6 Å². The van der Waals surface area contributed by atoms with Crippen molar-refractivity contribution in [2.24, 2.45) is 5.92 Å². The zero-order valence-corrected chi connectivity index (χ0v) is 15.4. The van der Waals surface area contributed by atoms with E-state index in [1.165, 1.54) is 24.3 Å². The number of esters is 1. The third kappa shape index (κ3) is 6.67. The van der Waals surface area contributed by atoms with Crippen LogP contribution in [0.5, 0.6) is 0 Å². The molecule has 0 aliphatic carbocycles. The molecule has 0 bridgehead atoms. The minimum Gasteiger partial charge on any atom is -0.459 e. The molecule has 7 nitrogen and oxygen atoms in total. The summed E-state index contributed by atoms with van der Waals surface area (Å²) >= 11 is 0. The summed E-state index contributed by atoms with van der Waals surface area (Å²) in [7, 11) is -3.84. The van der Waals surface area contributed by atoms with E-state index in [0.717, 1.165) is 0 Å². The van der Waals surface area contributed by atoms with E-state index in [1.54, 1.807) is 34.6 Å². The van der Waals surface area contributed by atoms with E-state index in [0.29, 0.717) is 5.69 Å². The highest BCUT2D eigenvalue weighted by molar-refractivity contribution is 7.89. The van der Waals surface area contributed by atoms with Crippen molar-refractivity contribution in [3.63, 3.8) is 0 Å². The molecule has 1 aromatic carbocycles. The van der Waals surface area contributed by atoms with Gasteiger partial charge in [0, 0.05) is 11.6 Å². The van der Waals surface area contributed by atoms with Gasteiger partial charge < -0.3 is 10.1 Å². The Morgan fingerprint density at radius 3 is 2.12 bits per heavy atom. The molecular formula is C16H24N2O5S. The minimum atomic E-state index is -3.84. The summed E-state index contributed by atoms with van der Waals surface area (Å²) in [5.41, 5.74) is -0.182. The first-order valence-electron chi connectivity index (χ1n) is 7.53. The highest BCUT2D eigenvalue weighted by Crippen LogP contribution is 2.15. The van der Waals surface area contributed by atoms with Crippen LogP contribution in [0, 0.1) is 5.92 Å². The van der Waals surface area contributed by atoms with Crippen molar-refractivity contribution in [3.8, 4) is 0 Å². The Kier molecular flexibility index (Phi) is 6.50. The molecule has 0 fully saturated rings. The van der Waals surface area contributed by atoms with Crippen LogP contribution in [0.1, 0.15) is 34.6 Å². The van der Waals surface area contributed by atoms with E-state index in [-0.39, 0.29) is 16.7 Å². The van der Waals surface area contributed by atoms with Crippen LogP contribution in [-0.2, 0) is 24.3 Å². The molecule has 1 amide bonds. The molecule has 0 aliphatic heterocycles. The summed E-state index contributed by atoms with van der Waals surface area (Å²) in [6.07, 6.45) is 0. The molecular weight excluding hydrogens is 332 g/mol. The Morgan fingerprint density at radius 2 is 1.67 bits per heavy atom. The van der Waals surface area contributed by atoms with Gasteiger partial charge in [-0.3, -0.25) is 9.59 Å². The number of amides is 1.